The van der Waals surface area contributed by atoms with Crippen molar-refractivity contribution < 1.29 is 9.13 Å². The average molecular weight is 230 g/mol. The second-order valence-corrected chi connectivity index (χ2v) is 2.88. The van der Waals surface area contributed by atoms with E-state index < -0.39 is 0 Å². The van der Waals surface area contributed by atoms with Gasteiger partial charge in [0.15, 0.2) is 6.61 Å². The zero-order valence-electron chi connectivity index (χ0n) is 6.05. The Morgan fingerprint density at radius 1 is 1.58 bits per heavy atom. The molecular formula is C8H5BrFNO. The van der Waals surface area contributed by atoms with Gasteiger partial charge in [-0.15, -0.1) is 0 Å². The molecule has 2 nitrogen and oxygen atoms in total. The Morgan fingerprint density at radius 2 is 2.33 bits per heavy atom. The van der Waals surface area contributed by atoms with E-state index in [2.05, 4.69) is 15.9 Å². The van der Waals surface area contributed by atoms with Gasteiger partial charge >= 0.3 is 0 Å². The maximum atomic E-state index is 12.6. The van der Waals surface area contributed by atoms with Crippen molar-refractivity contribution in [1.29, 1.82) is 5.26 Å². The van der Waals surface area contributed by atoms with E-state index in [0.717, 1.165) is 0 Å². The van der Waals surface area contributed by atoms with Gasteiger partial charge in [0.25, 0.3) is 0 Å². The fourth-order valence-corrected chi connectivity index (χ4v) is 1.06. The number of rotatable bonds is 2. The topological polar surface area (TPSA) is 33.0 Å². The predicted octanol–water partition coefficient (Wildman–Crippen LogP) is 2.49. The van der Waals surface area contributed by atoms with Crippen LogP contribution >= 0.6 is 15.9 Å². The van der Waals surface area contributed by atoms with Gasteiger partial charge in [0.1, 0.15) is 17.6 Å². The zero-order chi connectivity index (χ0) is 8.97. The first kappa shape index (κ1) is 9.01. The highest BCUT2D eigenvalue weighted by Gasteiger charge is 2.01. The Kier molecular flexibility index (Phi) is 3.06. The lowest BCUT2D eigenvalue weighted by Crippen LogP contribution is -1.94. The third-order valence-corrected chi connectivity index (χ3v) is 1.84. The molecule has 0 unspecified atom stereocenters. The molecule has 0 atom stereocenters. The van der Waals surface area contributed by atoms with Crippen molar-refractivity contribution in [2.24, 2.45) is 0 Å². The first-order chi connectivity index (χ1) is 5.74. The van der Waals surface area contributed by atoms with Crippen molar-refractivity contribution in [1.82, 2.24) is 0 Å². The average Bonchev–Trinajstić information content (AvgIpc) is 2.07. The second-order valence-electron chi connectivity index (χ2n) is 2.02. The first-order valence-electron chi connectivity index (χ1n) is 3.19. The zero-order valence-corrected chi connectivity index (χ0v) is 7.64. The molecule has 62 valence electrons. The van der Waals surface area contributed by atoms with Crippen LogP contribution in [0.4, 0.5) is 4.39 Å². The molecule has 0 amide bonds. The standard InChI is InChI=1S/C8H5BrFNO/c9-7-2-1-6(10)5-8(7)12-4-3-11/h1-2,5H,4H2. The van der Waals surface area contributed by atoms with Crippen LogP contribution in [0.3, 0.4) is 0 Å². The van der Waals surface area contributed by atoms with Crippen molar-refractivity contribution in [3.63, 3.8) is 0 Å². The summed E-state index contributed by atoms with van der Waals surface area (Å²) in [6.07, 6.45) is 0. The van der Waals surface area contributed by atoms with E-state index >= 15 is 0 Å². The van der Waals surface area contributed by atoms with Gasteiger partial charge < -0.3 is 4.74 Å². The van der Waals surface area contributed by atoms with Gasteiger partial charge in [0.2, 0.25) is 0 Å². The van der Waals surface area contributed by atoms with Crippen LogP contribution in [0.25, 0.3) is 0 Å². The normalized spacial score (nSPS) is 9.08. The van der Waals surface area contributed by atoms with Crippen LogP contribution in [0.5, 0.6) is 5.75 Å². The number of nitrogens with zero attached hydrogens (tertiary/aromatic N) is 1. The number of benzene rings is 1. The van der Waals surface area contributed by atoms with Gasteiger partial charge in [-0.2, -0.15) is 5.26 Å². The van der Waals surface area contributed by atoms with Gasteiger partial charge in [-0.05, 0) is 28.1 Å². The number of hydrogen-bond acceptors (Lipinski definition) is 2. The largest absolute Gasteiger partial charge is 0.477 e. The highest BCUT2D eigenvalue weighted by molar-refractivity contribution is 9.10. The molecule has 1 rings (SSSR count). The Morgan fingerprint density at radius 3 is 3.00 bits per heavy atom. The van der Waals surface area contributed by atoms with Gasteiger partial charge in [-0.25, -0.2) is 4.39 Å². The van der Waals surface area contributed by atoms with Crippen molar-refractivity contribution >= 4 is 15.9 Å². The summed E-state index contributed by atoms with van der Waals surface area (Å²) < 4.78 is 18.1. The smallest absolute Gasteiger partial charge is 0.174 e. The fraction of sp³-hybridized carbons (Fsp3) is 0.125. The lowest BCUT2D eigenvalue weighted by molar-refractivity contribution is 0.363. The van der Waals surface area contributed by atoms with Gasteiger partial charge in [-0.3, -0.25) is 0 Å². The van der Waals surface area contributed by atoms with E-state index in [9.17, 15) is 4.39 Å². The number of hydrogen-bond donors (Lipinski definition) is 0. The summed E-state index contributed by atoms with van der Waals surface area (Å²) in [7, 11) is 0. The van der Waals surface area contributed by atoms with Crippen LogP contribution in [0.2, 0.25) is 0 Å². The molecule has 0 saturated heterocycles. The van der Waals surface area contributed by atoms with Gasteiger partial charge in [-0.1, -0.05) is 0 Å². The molecule has 1 aromatic rings. The Balaban J connectivity index is 2.84. The second kappa shape index (κ2) is 4.07. The molecule has 1 aromatic carbocycles. The number of ether oxygens (including phenoxy) is 1. The summed E-state index contributed by atoms with van der Waals surface area (Å²) in [4.78, 5) is 0. The summed E-state index contributed by atoms with van der Waals surface area (Å²) in [5.74, 6) is -0.0392. The van der Waals surface area contributed by atoms with Crippen molar-refractivity contribution in [2.45, 2.75) is 0 Å². The van der Waals surface area contributed by atoms with Crippen molar-refractivity contribution in [3.05, 3.63) is 28.5 Å². The molecule has 0 radical (unpaired) electrons. The van der Waals surface area contributed by atoms with Gasteiger partial charge in [0.05, 0.1) is 4.47 Å². The first-order valence-corrected chi connectivity index (χ1v) is 3.98. The molecule has 0 aliphatic rings. The van der Waals surface area contributed by atoms with Crippen molar-refractivity contribution in [2.75, 3.05) is 6.61 Å². The molecule has 0 heterocycles. The quantitative estimate of drug-likeness (QED) is 0.781. The SMILES string of the molecule is N#CCOc1cc(F)ccc1Br. The maximum Gasteiger partial charge on any atom is 0.174 e. The number of halogens is 2. The minimum absolute atomic E-state index is 0.0813. The van der Waals surface area contributed by atoms with E-state index in [-0.39, 0.29) is 12.4 Å². The summed E-state index contributed by atoms with van der Waals surface area (Å²) in [5, 5.41) is 8.20. The minimum atomic E-state index is -0.383. The molecule has 0 aromatic heterocycles. The monoisotopic (exact) mass is 229 g/mol. The molecule has 0 N–H and O–H groups in total. The van der Waals surface area contributed by atoms with Crippen molar-refractivity contribution in [3.8, 4) is 11.8 Å². The predicted molar refractivity (Wildman–Crippen MR) is 45.2 cm³/mol. The van der Waals surface area contributed by atoms with E-state index in [0.29, 0.717) is 10.2 Å². The third-order valence-electron chi connectivity index (χ3n) is 1.19. The Labute approximate surface area is 77.7 Å². The van der Waals surface area contributed by atoms with E-state index in [1.54, 1.807) is 6.07 Å². The lowest BCUT2D eigenvalue weighted by Gasteiger charge is -2.03. The minimum Gasteiger partial charge on any atom is -0.477 e. The Bertz CT molecular complexity index is 321. The van der Waals surface area contributed by atoms with Crippen LogP contribution in [0.15, 0.2) is 22.7 Å². The van der Waals surface area contributed by atoms with Crippen LogP contribution in [0.1, 0.15) is 0 Å². The lowest BCUT2D eigenvalue weighted by atomic mass is 10.3. The highest BCUT2D eigenvalue weighted by atomic mass is 79.9. The van der Waals surface area contributed by atoms with E-state index in [1.165, 1.54) is 18.2 Å². The highest BCUT2D eigenvalue weighted by Crippen LogP contribution is 2.25. The number of nitriles is 1. The van der Waals surface area contributed by atoms with Crippen LogP contribution in [0, 0.1) is 17.1 Å². The molecule has 0 saturated carbocycles. The molecule has 12 heavy (non-hydrogen) atoms. The molecule has 0 bridgehead atoms. The van der Waals surface area contributed by atoms with Crippen LogP contribution in [-0.2, 0) is 0 Å². The molecule has 0 aliphatic carbocycles. The van der Waals surface area contributed by atoms with Gasteiger partial charge in [0, 0.05) is 6.07 Å². The summed E-state index contributed by atoms with van der Waals surface area (Å²) in [5.41, 5.74) is 0. The molecule has 0 aliphatic heterocycles. The Hall–Kier alpha value is -1.08. The summed E-state index contributed by atoms with van der Waals surface area (Å²) >= 11 is 3.16. The summed E-state index contributed by atoms with van der Waals surface area (Å²) in [6, 6.07) is 5.86. The maximum absolute atomic E-state index is 12.6. The van der Waals surface area contributed by atoms with Crippen LogP contribution < -0.4 is 4.74 Å². The summed E-state index contributed by atoms with van der Waals surface area (Å²) in [6.45, 7) is -0.0813. The molecule has 0 fully saturated rings. The van der Waals surface area contributed by atoms with Crippen LogP contribution in [-0.4, -0.2) is 6.61 Å². The molecule has 4 heteroatoms. The van der Waals surface area contributed by atoms with E-state index in [4.69, 9.17) is 10.00 Å². The molecule has 0 spiro atoms. The third kappa shape index (κ3) is 2.21. The van der Waals surface area contributed by atoms with E-state index in [1.807, 2.05) is 0 Å². The fourth-order valence-electron chi connectivity index (χ4n) is 0.698. The molecular weight excluding hydrogens is 225 g/mol.